The van der Waals surface area contributed by atoms with E-state index >= 15 is 0 Å². The molecule has 0 N–H and O–H groups in total. The van der Waals surface area contributed by atoms with Gasteiger partial charge in [0.15, 0.2) is 0 Å². The van der Waals surface area contributed by atoms with Gasteiger partial charge >= 0.3 is 6.18 Å². The van der Waals surface area contributed by atoms with Gasteiger partial charge in [0.1, 0.15) is 5.37 Å². The van der Waals surface area contributed by atoms with E-state index in [1.54, 1.807) is 13.0 Å². The maximum absolute atomic E-state index is 13.0. The molecule has 27 heavy (non-hydrogen) atoms. The van der Waals surface area contributed by atoms with E-state index in [2.05, 4.69) is 0 Å². The smallest absolute Gasteiger partial charge is 0.322 e. The van der Waals surface area contributed by atoms with Crippen LogP contribution in [0.2, 0.25) is 0 Å². The third-order valence-electron chi connectivity index (χ3n) is 4.30. The number of thioether (sulfide) groups is 1. The van der Waals surface area contributed by atoms with E-state index in [-0.39, 0.29) is 11.3 Å². The van der Waals surface area contributed by atoms with Crippen molar-refractivity contribution in [2.75, 3.05) is 12.3 Å². The number of hydrogen-bond acceptors (Lipinski definition) is 4. The van der Waals surface area contributed by atoms with Crippen LogP contribution in [0.4, 0.5) is 18.9 Å². The summed E-state index contributed by atoms with van der Waals surface area (Å²) in [6.07, 6.45) is -4.47. The molecule has 2 aromatic rings. The van der Waals surface area contributed by atoms with Crippen LogP contribution < -0.4 is 0 Å². The fourth-order valence-electron chi connectivity index (χ4n) is 2.93. The second kappa shape index (κ2) is 7.22. The number of nitro groups is 1. The van der Waals surface area contributed by atoms with Crippen molar-refractivity contribution in [2.24, 2.45) is 0 Å². The van der Waals surface area contributed by atoms with Crippen molar-refractivity contribution in [1.82, 2.24) is 4.90 Å². The normalized spacial score (nSPS) is 17.2. The van der Waals surface area contributed by atoms with E-state index in [9.17, 15) is 28.1 Å². The first-order chi connectivity index (χ1) is 12.7. The lowest BCUT2D eigenvalue weighted by atomic mass is 10.1. The molecule has 0 saturated carbocycles. The summed E-state index contributed by atoms with van der Waals surface area (Å²) in [7, 11) is 0. The molecular weight excluding hydrogens is 381 g/mol. The standard InChI is InChI=1S/C18H15F3N2O3S/c1-11-5-6-12(10-15(11)23(25)26)16(24)22-7-8-27-17(22)13-3-2-4-14(9-13)18(19,20)21/h2-6,9-10,17H,7-8H2,1H3. The Hall–Kier alpha value is -2.55. The third kappa shape index (κ3) is 3.92. The second-order valence-corrected chi connectivity index (χ2v) is 7.29. The number of benzene rings is 2. The fourth-order valence-corrected chi connectivity index (χ4v) is 4.17. The van der Waals surface area contributed by atoms with E-state index in [1.807, 2.05) is 0 Å². The molecule has 1 fully saturated rings. The molecule has 0 spiro atoms. The number of nitrogens with zero attached hydrogens (tertiary/aromatic N) is 2. The third-order valence-corrected chi connectivity index (χ3v) is 5.56. The van der Waals surface area contributed by atoms with Crippen molar-refractivity contribution in [1.29, 1.82) is 0 Å². The van der Waals surface area contributed by atoms with Crippen molar-refractivity contribution in [3.05, 3.63) is 74.8 Å². The summed E-state index contributed by atoms with van der Waals surface area (Å²) in [5.74, 6) is 0.131. The van der Waals surface area contributed by atoms with Crippen molar-refractivity contribution >= 4 is 23.4 Å². The summed E-state index contributed by atoms with van der Waals surface area (Å²) in [4.78, 5) is 24.9. The number of amides is 1. The zero-order valence-electron chi connectivity index (χ0n) is 14.2. The molecule has 0 radical (unpaired) electrons. The van der Waals surface area contributed by atoms with Gasteiger partial charge in [0, 0.05) is 29.5 Å². The number of aryl methyl sites for hydroxylation is 1. The number of nitro benzene ring substituents is 1. The first-order valence-corrected chi connectivity index (χ1v) is 9.08. The van der Waals surface area contributed by atoms with E-state index < -0.39 is 27.9 Å². The highest BCUT2D eigenvalue weighted by atomic mass is 32.2. The second-order valence-electron chi connectivity index (χ2n) is 6.10. The quantitative estimate of drug-likeness (QED) is 0.552. The molecule has 1 heterocycles. The van der Waals surface area contributed by atoms with E-state index in [0.717, 1.165) is 12.1 Å². The van der Waals surface area contributed by atoms with Crippen LogP contribution in [0.5, 0.6) is 0 Å². The van der Waals surface area contributed by atoms with Crippen molar-refractivity contribution < 1.29 is 22.9 Å². The van der Waals surface area contributed by atoms with Crippen LogP contribution in [-0.2, 0) is 6.18 Å². The summed E-state index contributed by atoms with van der Waals surface area (Å²) in [5, 5.41) is 10.5. The van der Waals surface area contributed by atoms with Gasteiger partial charge in [0.2, 0.25) is 0 Å². The topological polar surface area (TPSA) is 63.5 Å². The van der Waals surface area contributed by atoms with Gasteiger partial charge in [-0.15, -0.1) is 11.8 Å². The van der Waals surface area contributed by atoms with Crippen LogP contribution in [0.15, 0.2) is 42.5 Å². The van der Waals surface area contributed by atoms with Gasteiger partial charge in [-0.2, -0.15) is 13.2 Å². The lowest BCUT2D eigenvalue weighted by Crippen LogP contribution is -2.30. The molecule has 1 aliphatic heterocycles. The van der Waals surface area contributed by atoms with Crippen LogP contribution in [-0.4, -0.2) is 28.0 Å². The minimum absolute atomic E-state index is 0.145. The van der Waals surface area contributed by atoms with Crippen molar-refractivity contribution in [2.45, 2.75) is 18.5 Å². The number of rotatable bonds is 3. The van der Waals surface area contributed by atoms with Gasteiger partial charge in [0.25, 0.3) is 11.6 Å². The molecule has 2 aromatic carbocycles. The molecule has 3 rings (SSSR count). The summed E-state index contributed by atoms with van der Waals surface area (Å²) >= 11 is 1.36. The molecule has 0 aromatic heterocycles. The molecule has 0 aliphatic carbocycles. The minimum Gasteiger partial charge on any atom is -0.322 e. The van der Waals surface area contributed by atoms with Gasteiger partial charge in [-0.25, -0.2) is 0 Å². The Kier molecular flexibility index (Phi) is 5.14. The van der Waals surface area contributed by atoms with E-state index in [4.69, 9.17) is 0 Å². The molecule has 1 unspecified atom stereocenters. The lowest BCUT2D eigenvalue weighted by Gasteiger charge is -2.25. The first kappa shape index (κ1) is 19.2. The molecular formula is C18H15F3N2O3S. The van der Waals surface area contributed by atoms with Gasteiger partial charge in [-0.1, -0.05) is 18.2 Å². The zero-order chi connectivity index (χ0) is 19.8. The van der Waals surface area contributed by atoms with Gasteiger partial charge in [-0.05, 0) is 30.7 Å². The van der Waals surface area contributed by atoms with E-state index in [1.165, 1.54) is 40.9 Å². The van der Waals surface area contributed by atoms with Gasteiger partial charge < -0.3 is 4.90 Å². The fraction of sp³-hybridized carbons (Fsp3) is 0.278. The first-order valence-electron chi connectivity index (χ1n) is 8.03. The Labute approximate surface area is 157 Å². The van der Waals surface area contributed by atoms with Crippen molar-refractivity contribution in [3.63, 3.8) is 0 Å². The van der Waals surface area contributed by atoms with Crippen LogP contribution in [0.3, 0.4) is 0 Å². The molecule has 0 bridgehead atoms. The minimum atomic E-state index is -4.47. The zero-order valence-corrected chi connectivity index (χ0v) is 15.0. The Bertz CT molecular complexity index is 902. The predicted octanol–water partition coefficient (Wildman–Crippen LogP) is 4.81. The van der Waals surface area contributed by atoms with Gasteiger partial charge in [0.05, 0.1) is 10.5 Å². The number of carbonyl (C=O) groups excluding carboxylic acids is 1. The number of carbonyl (C=O) groups is 1. The molecule has 5 nitrogen and oxygen atoms in total. The lowest BCUT2D eigenvalue weighted by molar-refractivity contribution is -0.385. The number of halogens is 3. The predicted molar refractivity (Wildman–Crippen MR) is 95.5 cm³/mol. The average molecular weight is 396 g/mol. The summed E-state index contributed by atoms with van der Waals surface area (Å²) in [6, 6.07) is 9.10. The molecule has 9 heteroatoms. The highest BCUT2D eigenvalue weighted by Gasteiger charge is 2.35. The summed E-state index contributed by atoms with van der Waals surface area (Å²) in [5.41, 5.74) is 0.0185. The number of hydrogen-bond donors (Lipinski definition) is 0. The average Bonchev–Trinajstić information content (AvgIpc) is 3.10. The highest BCUT2D eigenvalue weighted by molar-refractivity contribution is 7.99. The van der Waals surface area contributed by atoms with Crippen LogP contribution in [0, 0.1) is 17.0 Å². The maximum atomic E-state index is 13.0. The molecule has 1 amide bonds. The highest BCUT2D eigenvalue weighted by Crippen LogP contribution is 2.41. The van der Waals surface area contributed by atoms with Gasteiger partial charge in [-0.3, -0.25) is 14.9 Å². The van der Waals surface area contributed by atoms with Crippen LogP contribution in [0.1, 0.15) is 32.4 Å². The number of alkyl halides is 3. The maximum Gasteiger partial charge on any atom is 0.416 e. The summed E-state index contributed by atoms with van der Waals surface area (Å²) < 4.78 is 38.9. The molecule has 1 saturated heterocycles. The van der Waals surface area contributed by atoms with Crippen LogP contribution in [0.25, 0.3) is 0 Å². The SMILES string of the molecule is Cc1ccc(C(=O)N2CCSC2c2cccc(C(F)(F)F)c2)cc1[N+](=O)[O-]. The molecule has 142 valence electrons. The van der Waals surface area contributed by atoms with E-state index in [0.29, 0.717) is 23.4 Å². The Morgan fingerprint density at radius 2 is 2.00 bits per heavy atom. The molecule has 1 atom stereocenters. The van der Waals surface area contributed by atoms with Crippen molar-refractivity contribution in [3.8, 4) is 0 Å². The Morgan fingerprint density at radius 3 is 2.67 bits per heavy atom. The monoisotopic (exact) mass is 396 g/mol. The Morgan fingerprint density at radius 1 is 1.26 bits per heavy atom. The largest absolute Gasteiger partial charge is 0.416 e. The summed E-state index contributed by atoms with van der Waals surface area (Å²) in [6.45, 7) is 1.93. The molecule has 1 aliphatic rings. The Balaban J connectivity index is 1.92. The van der Waals surface area contributed by atoms with Crippen LogP contribution >= 0.6 is 11.8 Å².